The Labute approximate surface area is 189 Å². The number of nitro groups is 1. The Hall–Kier alpha value is -1.85. The molecule has 0 aliphatic carbocycles. The molecule has 2 saturated heterocycles. The number of aliphatic hydroxyl groups excluding tert-OH is 1. The molecule has 2 fully saturated rings. The van der Waals surface area contributed by atoms with Gasteiger partial charge >= 0.3 is 0 Å². The van der Waals surface area contributed by atoms with Crippen LogP contribution in [0.5, 0.6) is 0 Å². The fraction of sp³-hybridized carbons (Fsp3) is 0.429. The van der Waals surface area contributed by atoms with Crippen molar-refractivity contribution in [1.82, 2.24) is 9.21 Å². The van der Waals surface area contributed by atoms with E-state index >= 15 is 0 Å². The summed E-state index contributed by atoms with van der Waals surface area (Å²) >= 11 is 3.44. The number of hydrogen-bond donors (Lipinski definition) is 1. The number of halogens is 1. The lowest BCUT2D eigenvalue weighted by Crippen LogP contribution is -2.67. The van der Waals surface area contributed by atoms with Crippen molar-refractivity contribution in [1.29, 1.82) is 0 Å². The van der Waals surface area contributed by atoms with Gasteiger partial charge in [0.15, 0.2) is 4.90 Å². The molecule has 8 nitrogen and oxygen atoms in total. The normalized spacial score (nSPS) is 25.2. The van der Waals surface area contributed by atoms with Crippen LogP contribution < -0.4 is 0 Å². The lowest BCUT2D eigenvalue weighted by Gasteiger charge is -2.57. The molecule has 0 spiro atoms. The average molecular weight is 510 g/mol. The predicted molar refractivity (Wildman–Crippen MR) is 119 cm³/mol. The number of hydrogen-bond acceptors (Lipinski definition) is 6. The lowest BCUT2D eigenvalue weighted by atomic mass is 9.74. The summed E-state index contributed by atoms with van der Waals surface area (Å²) in [7, 11) is -4.04. The minimum absolute atomic E-state index is 0.00582. The molecule has 0 unspecified atom stereocenters. The van der Waals surface area contributed by atoms with E-state index in [0.717, 1.165) is 23.0 Å². The average Bonchev–Trinajstić information content (AvgIpc) is 2.73. The van der Waals surface area contributed by atoms with Gasteiger partial charge in [0, 0.05) is 41.6 Å². The Morgan fingerprint density at radius 3 is 2.45 bits per heavy atom. The largest absolute Gasteiger partial charge is 0.395 e. The fourth-order valence-electron chi connectivity index (χ4n) is 4.78. The smallest absolute Gasteiger partial charge is 0.289 e. The van der Waals surface area contributed by atoms with Crippen LogP contribution in [0, 0.1) is 10.1 Å². The minimum atomic E-state index is -4.04. The Morgan fingerprint density at radius 1 is 1.10 bits per heavy atom. The zero-order chi connectivity index (χ0) is 22.2. The Bertz CT molecular complexity index is 1060. The van der Waals surface area contributed by atoms with Gasteiger partial charge in [0.25, 0.3) is 5.69 Å². The van der Waals surface area contributed by atoms with Crippen molar-refractivity contribution in [2.24, 2.45) is 0 Å². The summed E-state index contributed by atoms with van der Waals surface area (Å²) in [6, 6.07) is 13.2. The summed E-state index contributed by atoms with van der Waals surface area (Å²) in [5.41, 5.74) is 0.639. The highest BCUT2D eigenvalue weighted by atomic mass is 79.9. The van der Waals surface area contributed by atoms with E-state index in [9.17, 15) is 23.6 Å². The predicted octanol–water partition coefficient (Wildman–Crippen LogP) is 2.97. The van der Waals surface area contributed by atoms with Crippen LogP contribution in [0.4, 0.5) is 5.69 Å². The topological polar surface area (TPSA) is 104 Å². The Morgan fingerprint density at radius 2 is 1.77 bits per heavy atom. The lowest BCUT2D eigenvalue weighted by molar-refractivity contribution is -0.387. The summed E-state index contributed by atoms with van der Waals surface area (Å²) in [4.78, 5) is 12.7. The summed E-state index contributed by atoms with van der Waals surface area (Å²) in [6.45, 7) is 1.33. The summed E-state index contributed by atoms with van der Waals surface area (Å²) in [6.07, 6.45) is 1.45. The van der Waals surface area contributed by atoms with Crippen molar-refractivity contribution in [2.45, 2.75) is 35.7 Å². The minimum Gasteiger partial charge on any atom is -0.395 e. The first-order chi connectivity index (χ1) is 14.8. The van der Waals surface area contributed by atoms with Gasteiger partial charge in [0.1, 0.15) is 0 Å². The van der Waals surface area contributed by atoms with E-state index in [2.05, 4.69) is 20.8 Å². The van der Waals surface area contributed by atoms with Gasteiger partial charge in [-0.1, -0.05) is 40.2 Å². The molecule has 2 aromatic carbocycles. The van der Waals surface area contributed by atoms with Crippen molar-refractivity contribution >= 4 is 31.6 Å². The van der Waals surface area contributed by atoms with Gasteiger partial charge in [-0.05, 0) is 43.1 Å². The maximum absolute atomic E-state index is 13.4. The van der Waals surface area contributed by atoms with Gasteiger partial charge in [-0.25, -0.2) is 8.42 Å². The molecule has 3 atom stereocenters. The first-order valence-electron chi connectivity index (χ1n) is 10.2. The van der Waals surface area contributed by atoms with Gasteiger partial charge in [-0.2, -0.15) is 4.31 Å². The molecule has 2 aromatic rings. The summed E-state index contributed by atoms with van der Waals surface area (Å²) in [5.74, 6) is -0.0142. The molecule has 1 N–H and O–H groups in total. The number of nitrogens with zero attached hydrogens (tertiary/aromatic N) is 3. The molecule has 10 heteroatoms. The molecule has 0 aromatic heterocycles. The van der Waals surface area contributed by atoms with E-state index in [0.29, 0.717) is 13.0 Å². The van der Waals surface area contributed by atoms with Gasteiger partial charge in [0.2, 0.25) is 10.0 Å². The number of sulfonamides is 1. The highest BCUT2D eigenvalue weighted by Gasteiger charge is 2.50. The summed E-state index contributed by atoms with van der Waals surface area (Å²) in [5, 5.41) is 21.4. The Kier molecular flexibility index (Phi) is 6.45. The zero-order valence-electron chi connectivity index (χ0n) is 16.8. The van der Waals surface area contributed by atoms with Crippen molar-refractivity contribution < 1.29 is 18.4 Å². The molecular weight excluding hydrogens is 486 g/mol. The van der Waals surface area contributed by atoms with Crippen LogP contribution in [0.2, 0.25) is 0 Å². The third-order valence-electron chi connectivity index (χ3n) is 6.27. The second kappa shape index (κ2) is 8.95. The van der Waals surface area contributed by atoms with Crippen LogP contribution in [0.3, 0.4) is 0 Å². The van der Waals surface area contributed by atoms with Gasteiger partial charge in [-0.3, -0.25) is 15.0 Å². The number of benzene rings is 2. The molecule has 2 aliphatic rings. The van der Waals surface area contributed by atoms with Crippen LogP contribution >= 0.6 is 15.9 Å². The van der Waals surface area contributed by atoms with E-state index in [1.165, 1.54) is 28.6 Å². The standard InChI is InChI=1S/C21H24BrN3O5S/c22-16-9-7-15(8-10-16)21-18-13-23(11-3-4-12-24(18)19(21)14-26)31(29,30)20-6-2-1-5-17(20)25(27)28/h1-2,5-10,18-19,21,26H,3-4,11-14H2/t18-,19+,21-/m0/s1. The zero-order valence-corrected chi connectivity index (χ0v) is 19.2. The molecule has 0 amide bonds. The molecule has 166 valence electrons. The maximum Gasteiger partial charge on any atom is 0.289 e. The fourth-order valence-corrected chi connectivity index (χ4v) is 6.70. The quantitative estimate of drug-likeness (QED) is 0.490. The van der Waals surface area contributed by atoms with Crippen molar-refractivity contribution in [3.05, 3.63) is 68.7 Å². The van der Waals surface area contributed by atoms with Crippen LogP contribution in [0.15, 0.2) is 57.9 Å². The van der Waals surface area contributed by atoms with E-state index in [-0.39, 0.29) is 36.0 Å². The van der Waals surface area contributed by atoms with Crippen LogP contribution in [-0.4, -0.2) is 66.0 Å². The molecule has 31 heavy (non-hydrogen) atoms. The number of nitro benzene ring substituents is 1. The third-order valence-corrected chi connectivity index (χ3v) is 8.71. The second-order valence-corrected chi connectivity index (χ2v) is 10.7. The molecule has 2 aliphatic heterocycles. The molecule has 4 rings (SSSR count). The van der Waals surface area contributed by atoms with Crippen molar-refractivity contribution in [3.8, 4) is 0 Å². The van der Waals surface area contributed by atoms with E-state index < -0.39 is 20.6 Å². The van der Waals surface area contributed by atoms with Crippen molar-refractivity contribution in [3.63, 3.8) is 0 Å². The first kappa shape index (κ1) is 22.3. The molecule has 2 heterocycles. The second-order valence-electron chi connectivity index (χ2n) is 7.93. The number of aliphatic hydroxyl groups is 1. The summed E-state index contributed by atoms with van der Waals surface area (Å²) < 4.78 is 29.2. The molecule has 0 saturated carbocycles. The SMILES string of the molecule is O=[N+]([O-])c1ccccc1S(=O)(=O)N1CCCCN2[C@H](CO)[C@@H](c3ccc(Br)cc3)[C@@H]2C1. The molecular formula is C21H24BrN3O5S. The van der Waals surface area contributed by atoms with Gasteiger partial charge in [-0.15, -0.1) is 0 Å². The highest BCUT2D eigenvalue weighted by molar-refractivity contribution is 9.10. The van der Waals surface area contributed by atoms with Crippen molar-refractivity contribution in [2.75, 3.05) is 26.2 Å². The van der Waals surface area contributed by atoms with Crippen LogP contribution in [0.1, 0.15) is 24.3 Å². The first-order valence-corrected chi connectivity index (χ1v) is 12.4. The van der Waals surface area contributed by atoms with Gasteiger partial charge in [0.05, 0.1) is 11.5 Å². The number of fused-ring (bicyclic) bond motifs is 1. The van der Waals surface area contributed by atoms with Crippen LogP contribution in [0.25, 0.3) is 0 Å². The van der Waals surface area contributed by atoms with Gasteiger partial charge < -0.3 is 5.11 Å². The van der Waals surface area contributed by atoms with E-state index in [1.54, 1.807) is 0 Å². The van der Waals surface area contributed by atoms with E-state index in [1.807, 2.05) is 24.3 Å². The Balaban J connectivity index is 1.68. The van der Waals surface area contributed by atoms with E-state index in [4.69, 9.17) is 0 Å². The number of para-hydroxylation sites is 1. The number of rotatable bonds is 5. The third kappa shape index (κ3) is 4.14. The highest BCUT2D eigenvalue weighted by Crippen LogP contribution is 2.43. The maximum atomic E-state index is 13.4. The monoisotopic (exact) mass is 509 g/mol. The van der Waals surface area contributed by atoms with Crippen LogP contribution in [-0.2, 0) is 10.0 Å². The molecule has 0 bridgehead atoms. The molecule has 0 radical (unpaired) electrons.